The molecule has 1 heterocycles. The normalized spacial score (nSPS) is 12.0. The van der Waals surface area contributed by atoms with E-state index >= 15 is 0 Å². The number of hydrogen-bond acceptors (Lipinski definition) is 4. The van der Waals surface area contributed by atoms with E-state index in [1.54, 1.807) is 11.3 Å². The van der Waals surface area contributed by atoms with Crippen molar-refractivity contribution in [2.45, 2.75) is 60.2 Å². The molecule has 0 amide bonds. The van der Waals surface area contributed by atoms with Crippen molar-refractivity contribution in [3.8, 4) is 0 Å². The minimum absolute atomic E-state index is 0. The molecule has 0 aliphatic heterocycles. The minimum atomic E-state index is 0. The number of thiazole rings is 1. The van der Waals surface area contributed by atoms with Gasteiger partial charge in [0, 0.05) is 37.6 Å². The Bertz CT molecular complexity index is 479. The Morgan fingerprint density at radius 3 is 2.38 bits per heavy atom. The molecule has 140 valence electrons. The highest BCUT2D eigenvalue weighted by molar-refractivity contribution is 14.0. The van der Waals surface area contributed by atoms with E-state index < -0.39 is 0 Å². The van der Waals surface area contributed by atoms with Gasteiger partial charge in [0.15, 0.2) is 5.96 Å². The molecule has 0 atom stereocenters. The third-order valence-electron chi connectivity index (χ3n) is 3.71. The molecule has 0 radical (unpaired) electrons. The van der Waals surface area contributed by atoms with Crippen LogP contribution in [0.25, 0.3) is 0 Å². The second-order valence-electron chi connectivity index (χ2n) is 6.37. The van der Waals surface area contributed by atoms with Gasteiger partial charge in [0.05, 0.1) is 23.8 Å². The van der Waals surface area contributed by atoms with Gasteiger partial charge in [-0.15, -0.1) is 35.3 Å². The van der Waals surface area contributed by atoms with E-state index in [2.05, 4.69) is 67.1 Å². The van der Waals surface area contributed by atoms with E-state index in [9.17, 15) is 0 Å². The molecule has 1 rings (SSSR count). The van der Waals surface area contributed by atoms with E-state index in [-0.39, 0.29) is 24.0 Å². The molecule has 0 bridgehead atoms. The SMILES string of the molecule is CCNC(=NCCN(C(C)C)C(C)C)N(C)Cc1csc(C)n1.I. The fraction of sp³-hybridized carbons (Fsp3) is 0.765. The fourth-order valence-corrected chi connectivity index (χ4v) is 3.26. The van der Waals surface area contributed by atoms with Crippen LogP contribution in [0.1, 0.15) is 45.3 Å². The Morgan fingerprint density at radius 1 is 1.29 bits per heavy atom. The van der Waals surface area contributed by atoms with Crippen molar-refractivity contribution in [2.24, 2.45) is 4.99 Å². The maximum absolute atomic E-state index is 4.79. The molecule has 0 unspecified atom stereocenters. The highest BCUT2D eigenvalue weighted by atomic mass is 127. The summed E-state index contributed by atoms with van der Waals surface area (Å²) in [5, 5.41) is 6.61. The van der Waals surface area contributed by atoms with Crippen LogP contribution in [-0.4, -0.2) is 59.5 Å². The van der Waals surface area contributed by atoms with Crippen LogP contribution >= 0.6 is 35.3 Å². The topological polar surface area (TPSA) is 43.8 Å². The molecule has 0 saturated heterocycles. The monoisotopic (exact) mass is 467 g/mol. The summed E-state index contributed by atoms with van der Waals surface area (Å²) in [5.41, 5.74) is 1.10. The number of aliphatic imine (C=N–C) groups is 1. The van der Waals surface area contributed by atoms with Crippen LogP contribution in [-0.2, 0) is 6.54 Å². The Balaban J connectivity index is 0.00000529. The zero-order valence-corrected chi connectivity index (χ0v) is 19.3. The van der Waals surface area contributed by atoms with Crippen LogP contribution in [0.3, 0.4) is 0 Å². The number of halogens is 1. The van der Waals surface area contributed by atoms with Gasteiger partial charge < -0.3 is 10.2 Å². The van der Waals surface area contributed by atoms with Gasteiger partial charge in [0.1, 0.15) is 0 Å². The first-order valence-electron chi connectivity index (χ1n) is 8.51. The van der Waals surface area contributed by atoms with Crippen LogP contribution in [0.5, 0.6) is 0 Å². The maximum Gasteiger partial charge on any atom is 0.194 e. The van der Waals surface area contributed by atoms with Gasteiger partial charge >= 0.3 is 0 Å². The third-order valence-corrected chi connectivity index (χ3v) is 4.53. The summed E-state index contributed by atoms with van der Waals surface area (Å²) < 4.78 is 0. The van der Waals surface area contributed by atoms with Crippen LogP contribution in [0.2, 0.25) is 0 Å². The number of aromatic nitrogens is 1. The summed E-state index contributed by atoms with van der Waals surface area (Å²) >= 11 is 1.69. The molecule has 0 aliphatic rings. The number of guanidine groups is 1. The van der Waals surface area contributed by atoms with Crippen molar-refractivity contribution < 1.29 is 0 Å². The number of aryl methyl sites for hydroxylation is 1. The molecular formula is C17H34IN5S. The van der Waals surface area contributed by atoms with Crippen molar-refractivity contribution in [1.29, 1.82) is 0 Å². The molecule has 1 aromatic heterocycles. The Kier molecular flexibility index (Phi) is 11.8. The Labute approximate surface area is 169 Å². The first-order chi connectivity index (χ1) is 10.8. The highest BCUT2D eigenvalue weighted by Gasteiger charge is 2.13. The molecular weight excluding hydrogens is 433 g/mol. The molecule has 0 aromatic carbocycles. The average molecular weight is 467 g/mol. The largest absolute Gasteiger partial charge is 0.357 e. The van der Waals surface area contributed by atoms with Crippen molar-refractivity contribution in [3.63, 3.8) is 0 Å². The number of hydrogen-bond donors (Lipinski definition) is 1. The number of nitrogens with one attached hydrogen (secondary N) is 1. The quantitative estimate of drug-likeness (QED) is 0.361. The smallest absolute Gasteiger partial charge is 0.194 e. The van der Waals surface area contributed by atoms with E-state index in [1.165, 1.54) is 0 Å². The van der Waals surface area contributed by atoms with Crippen LogP contribution in [0.4, 0.5) is 0 Å². The van der Waals surface area contributed by atoms with Crippen LogP contribution < -0.4 is 5.32 Å². The first kappa shape index (κ1) is 23.6. The predicted octanol–water partition coefficient (Wildman–Crippen LogP) is 3.59. The lowest BCUT2D eigenvalue weighted by molar-refractivity contribution is 0.180. The number of nitrogens with zero attached hydrogens (tertiary/aromatic N) is 4. The summed E-state index contributed by atoms with van der Waals surface area (Å²) in [5.74, 6) is 0.950. The van der Waals surface area contributed by atoms with E-state index in [4.69, 9.17) is 4.99 Å². The average Bonchev–Trinajstić information content (AvgIpc) is 2.86. The predicted molar refractivity (Wildman–Crippen MR) is 117 cm³/mol. The van der Waals surface area contributed by atoms with Crippen molar-refractivity contribution in [2.75, 3.05) is 26.7 Å². The summed E-state index contributed by atoms with van der Waals surface area (Å²) in [4.78, 5) is 13.9. The molecule has 0 spiro atoms. The second kappa shape index (κ2) is 12.0. The van der Waals surface area contributed by atoms with E-state index in [1.807, 2.05) is 6.92 Å². The second-order valence-corrected chi connectivity index (χ2v) is 7.44. The fourth-order valence-electron chi connectivity index (χ4n) is 2.65. The van der Waals surface area contributed by atoms with Crippen molar-refractivity contribution in [3.05, 3.63) is 16.1 Å². The standard InChI is InChI=1S/C17H33N5S.HI/c1-8-18-17(19-9-10-22(13(2)3)14(4)5)21(7)11-16-12-23-15(6)20-16;/h12-14H,8-11H2,1-7H3,(H,18,19);1H. The molecule has 24 heavy (non-hydrogen) atoms. The molecule has 0 fully saturated rings. The minimum Gasteiger partial charge on any atom is -0.357 e. The Morgan fingerprint density at radius 2 is 1.92 bits per heavy atom. The molecule has 1 aromatic rings. The molecule has 7 heteroatoms. The Hall–Kier alpha value is -0.410. The molecule has 1 N–H and O–H groups in total. The van der Waals surface area contributed by atoms with Gasteiger partial charge in [-0.25, -0.2) is 4.98 Å². The first-order valence-corrected chi connectivity index (χ1v) is 9.39. The lowest BCUT2D eigenvalue weighted by Gasteiger charge is -2.30. The van der Waals surface area contributed by atoms with Crippen molar-refractivity contribution in [1.82, 2.24) is 20.1 Å². The summed E-state index contributed by atoms with van der Waals surface area (Å²) in [6.07, 6.45) is 0. The van der Waals surface area contributed by atoms with Crippen LogP contribution in [0, 0.1) is 6.92 Å². The molecule has 5 nitrogen and oxygen atoms in total. The molecule has 0 saturated carbocycles. The lowest BCUT2D eigenvalue weighted by Crippen LogP contribution is -2.41. The van der Waals surface area contributed by atoms with Gasteiger partial charge in [-0.05, 0) is 41.5 Å². The summed E-state index contributed by atoms with van der Waals surface area (Å²) in [7, 11) is 2.07. The lowest BCUT2D eigenvalue weighted by atomic mass is 10.2. The highest BCUT2D eigenvalue weighted by Crippen LogP contribution is 2.10. The van der Waals surface area contributed by atoms with Crippen LogP contribution in [0.15, 0.2) is 10.4 Å². The van der Waals surface area contributed by atoms with Gasteiger partial charge in [-0.1, -0.05) is 0 Å². The number of rotatable bonds is 8. The summed E-state index contributed by atoms with van der Waals surface area (Å²) in [6, 6.07) is 1.09. The zero-order chi connectivity index (χ0) is 17.4. The van der Waals surface area contributed by atoms with Gasteiger partial charge in [-0.3, -0.25) is 9.89 Å². The third kappa shape index (κ3) is 8.11. The maximum atomic E-state index is 4.79. The van der Waals surface area contributed by atoms with Crippen molar-refractivity contribution >= 4 is 41.3 Å². The van der Waals surface area contributed by atoms with E-state index in [0.717, 1.165) is 42.8 Å². The van der Waals surface area contributed by atoms with Gasteiger partial charge in [0.25, 0.3) is 0 Å². The summed E-state index contributed by atoms with van der Waals surface area (Å²) in [6.45, 7) is 16.6. The van der Waals surface area contributed by atoms with E-state index in [0.29, 0.717) is 12.1 Å². The van der Waals surface area contributed by atoms with Gasteiger partial charge in [-0.2, -0.15) is 0 Å². The van der Waals surface area contributed by atoms with Gasteiger partial charge in [0.2, 0.25) is 0 Å². The molecule has 0 aliphatic carbocycles. The zero-order valence-electron chi connectivity index (χ0n) is 16.2.